The van der Waals surface area contributed by atoms with Crippen molar-refractivity contribution in [1.29, 1.82) is 0 Å². The van der Waals surface area contributed by atoms with Gasteiger partial charge in [0.1, 0.15) is 10.8 Å². The summed E-state index contributed by atoms with van der Waals surface area (Å²) in [5.74, 6) is 1.57. The maximum atomic E-state index is 5.92. The van der Waals surface area contributed by atoms with E-state index in [2.05, 4.69) is 38.5 Å². The van der Waals surface area contributed by atoms with Crippen molar-refractivity contribution in [2.75, 3.05) is 5.88 Å². The number of alkyl halides is 1. The zero-order valence-corrected chi connectivity index (χ0v) is 14.0. The fourth-order valence-electron chi connectivity index (χ4n) is 2.36. The van der Waals surface area contributed by atoms with Crippen LogP contribution in [-0.2, 0) is 6.42 Å². The van der Waals surface area contributed by atoms with Gasteiger partial charge in [0, 0.05) is 28.4 Å². The molecule has 0 N–H and O–H groups in total. The summed E-state index contributed by atoms with van der Waals surface area (Å²) in [6.07, 6.45) is 2.59. The van der Waals surface area contributed by atoms with Crippen LogP contribution in [-0.4, -0.2) is 20.4 Å². The van der Waals surface area contributed by atoms with Crippen LogP contribution in [0.5, 0.6) is 0 Å². The summed E-state index contributed by atoms with van der Waals surface area (Å²) in [6, 6.07) is 6.30. The molecule has 20 heavy (non-hydrogen) atoms. The van der Waals surface area contributed by atoms with E-state index in [4.69, 9.17) is 16.6 Å². The van der Waals surface area contributed by atoms with Gasteiger partial charge in [-0.25, -0.2) is 9.97 Å². The van der Waals surface area contributed by atoms with Gasteiger partial charge in [0.2, 0.25) is 0 Å². The first-order valence-electron chi connectivity index (χ1n) is 6.32. The fourth-order valence-corrected chi connectivity index (χ4v) is 3.56. The first kappa shape index (κ1) is 14.0. The van der Waals surface area contributed by atoms with E-state index >= 15 is 0 Å². The van der Waals surface area contributed by atoms with Crippen molar-refractivity contribution in [3.05, 3.63) is 45.1 Å². The molecule has 3 aromatic rings. The normalized spacial score (nSPS) is 12.9. The summed E-state index contributed by atoms with van der Waals surface area (Å²) in [5, 5.41) is 3.09. The molecule has 3 nitrogen and oxygen atoms in total. The number of halogens is 2. The van der Waals surface area contributed by atoms with Gasteiger partial charge in [-0.15, -0.1) is 22.9 Å². The van der Waals surface area contributed by atoms with Crippen molar-refractivity contribution in [2.24, 2.45) is 0 Å². The molecule has 6 heteroatoms. The highest BCUT2D eigenvalue weighted by atomic mass is 79.9. The smallest absolute Gasteiger partial charge is 0.115 e. The summed E-state index contributed by atoms with van der Waals surface area (Å²) in [5.41, 5.74) is 2.11. The molecule has 2 aromatic heterocycles. The number of benzene rings is 1. The minimum absolute atomic E-state index is 0.160. The Balaban J connectivity index is 2.19. The van der Waals surface area contributed by atoms with Crippen LogP contribution in [0.25, 0.3) is 11.0 Å². The molecule has 1 aromatic carbocycles. The molecule has 0 bridgehead atoms. The molecule has 2 heterocycles. The molecular formula is C14H13BrClN3S. The number of aromatic nitrogens is 3. The highest BCUT2D eigenvalue weighted by molar-refractivity contribution is 9.10. The standard InChI is InChI=1S/C14H13BrClN3S/c1-9(14-17-6-7-20-14)19-12-8-10(15)2-3-11(12)18-13(19)4-5-16/h2-3,6-9H,4-5H2,1H3. The Bertz CT molecular complexity index is 723. The molecule has 3 rings (SSSR count). The van der Waals surface area contributed by atoms with E-state index in [1.54, 1.807) is 11.3 Å². The van der Waals surface area contributed by atoms with Crippen molar-refractivity contribution in [2.45, 2.75) is 19.4 Å². The lowest BCUT2D eigenvalue weighted by atomic mass is 10.2. The number of aryl methyl sites for hydroxylation is 1. The molecule has 0 aliphatic carbocycles. The summed E-state index contributed by atoms with van der Waals surface area (Å²) in [6.45, 7) is 2.15. The lowest BCUT2D eigenvalue weighted by molar-refractivity contribution is 0.620. The molecule has 0 spiro atoms. The van der Waals surface area contributed by atoms with Crippen LogP contribution in [0.2, 0.25) is 0 Å². The average Bonchev–Trinajstić information content (AvgIpc) is 3.05. The predicted octanol–water partition coefficient (Wildman–Crippen LogP) is 4.65. The van der Waals surface area contributed by atoms with Gasteiger partial charge in [0.05, 0.1) is 17.1 Å². The van der Waals surface area contributed by atoms with Gasteiger partial charge in [0.25, 0.3) is 0 Å². The van der Waals surface area contributed by atoms with Crippen molar-refractivity contribution >= 4 is 49.9 Å². The second-order valence-electron chi connectivity index (χ2n) is 4.52. The average molecular weight is 371 g/mol. The summed E-state index contributed by atoms with van der Waals surface area (Å²) < 4.78 is 3.29. The third-order valence-corrected chi connectivity index (χ3v) is 4.87. The third-order valence-electron chi connectivity index (χ3n) is 3.24. The minimum atomic E-state index is 0.160. The van der Waals surface area contributed by atoms with E-state index in [9.17, 15) is 0 Å². The van der Waals surface area contributed by atoms with E-state index < -0.39 is 0 Å². The second-order valence-corrected chi connectivity index (χ2v) is 6.74. The van der Waals surface area contributed by atoms with Crippen LogP contribution >= 0.6 is 38.9 Å². The van der Waals surface area contributed by atoms with E-state index in [1.165, 1.54) is 0 Å². The number of rotatable bonds is 4. The number of hydrogen-bond acceptors (Lipinski definition) is 3. The lowest BCUT2D eigenvalue weighted by Gasteiger charge is -2.15. The molecule has 0 radical (unpaired) electrons. The quantitative estimate of drug-likeness (QED) is 0.626. The lowest BCUT2D eigenvalue weighted by Crippen LogP contribution is -2.11. The molecule has 104 valence electrons. The molecule has 1 atom stereocenters. The number of hydrogen-bond donors (Lipinski definition) is 0. The summed E-state index contributed by atoms with van der Waals surface area (Å²) in [4.78, 5) is 9.14. The van der Waals surface area contributed by atoms with Crippen LogP contribution in [0.1, 0.15) is 23.8 Å². The van der Waals surface area contributed by atoms with Crippen molar-refractivity contribution in [3.63, 3.8) is 0 Å². The fraction of sp³-hybridized carbons (Fsp3) is 0.286. The van der Waals surface area contributed by atoms with Gasteiger partial charge in [0.15, 0.2) is 0 Å². The Morgan fingerprint density at radius 2 is 2.30 bits per heavy atom. The van der Waals surface area contributed by atoms with Crippen LogP contribution in [0.15, 0.2) is 34.2 Å². The number of imidazole rings is 1. The van der Waals surface area contributed by atoms with Gasteiger partial charge in [-0.2, -0.15) is 0 Å². The van der Waals surface area contributed by atoms with E-state index in [1.807, 2.05) is 23.7 Å². The maximum absolute atomic E-state index is 5.92. The second kappa shape index (κ2) is 5.84. The summed E-state index contributed by atoms with van der Waals surface area (Å²) >= 11 is 11.1. The number of nitrogens with zero attached hydrogens (tertiary/aromatic N) is 3. The minimum Gasteiger partial charge on any atom is -0.318 e. The summed E-state index contributed by atoms with van der Waals surface area (Å²) in [7, 11) is 0. The first-order chi connectivity index (χ1) is 9.70. The van der Waals surface area contributed by atoms with E-state index in [-0.39, 0.29) is 6.04 Å². The molecule has 0 aliphatic rings. The Morgan fingerprint density at radius 3 is 3.00 bits per heavy atom. The van der Waals surface area contributed by atoms with E-state index in [0.717, 1.165) is 32.8 Å². The zero-order chi connectivity index (χ0) is 14.1. The largest absolute Gasteiger partial charge is 0.318 e. The Labute approximate surface area is 134 Å². The molecular weight excluding hydrogens is 358 g/mol. The van der Waals surface area contributed by atoms with Gasteiger partial charge < -0.3 is 4.57 Å². The monoisotopic (exact) mass is 369 g/mol. The van der Waals surface area contributed by atoms with Gasteiger partial charge in [-0.1, -0.05) is 15.9 Å². The van der Waals surface area contributed by atoms with Gasteiger partial charge in [-0.05, 0) is 25.1 Å². The molecule has 0 fully saturated rings. The Morgan fingerprint density at radius 1 is 1.45 bits per heavy atom. The van der Waals surface area contributed by atoms with Crippen LogP contribution < -0.4 is 0 Å². The Kier molecular flexibility index (Phi) is 4.10. The number of fused-ring (bicyclic) bond motifs is 1. The van der Waals surface area contributed by atoms with Crippen LogP contribution in [0.3, 0.4) is 0 Å². The van der Waals surface area contributed by atoms with Crippen LogP contribution in [0.4, 0.5) is 0 Å². The highest BCUT2D eigenvalue weighted by Crippen LogP contribution is 2.29. The molecule has 1 unspecified atom stereocenters. The third kappa shape index (κ3) is 2.50. The Hall–Kier alpha value is -0.910. The van der Waals surface area contributed by atoms with Gasteiger partial charge in [-0.3, -0.25) is 0 Å². The molecule has 0 saturated carbocycles. The highest BCUT2D eigenvalue weighted by Gasteiger charge is 2.18. The predicted molar refractivity (Wildman–Crippen MR) is 87.8 cm³/mol. The van der Waals surface area contributed by atoms with Crippen molar-refractivity contribution in [3.8, 4) is 0 Å². The topological polar surface area (TPSA) is 30.7 Å². The zero-order valence-electron chi connectivity index (χ0n) is 10.9. The van der Waals surface area contributed by atoms with Crippen molar-refractivity contribution in [1.82, 2.24) is 14.5 Å². The van der Waals surface area contributed by atoms with Crippen molar-refractivity contribution < 1.29 is 0 Å². The number of thiazole rings is 1. The van der Waals surface area contributed by atoms with Gasteiger partial charge >= 0.3 is 0 Å². The molecule has 0 saturated heterocycles. The first-order valence-corrected chi connectivity index (χ1v) is 8.53. The van der Waals surface area contributed by atoms with Crippen LogP contribution in [0, 0.1) is 0 Å². The SMILES string of the molecule is CC(c1nccs1)n1c(CCCl)nc2ccc(Br)cc21. The maximum Gasteiger partial charge on any atom is 0.115 e. The van der Waals surface area contributed by atoms with E-state index in [0.29, 0.717) is 5.88 Å². The molecule has 0 aliphatic heterocycles. The molecule has 0 amide bonds.